The van der Waals surface area contributed by atoms with Gasteiger partial charge in [0.25, 0.3) is 10.0 Å². The molecule has 0 saturated heterocycles. The number of amides is 1. The number of carbonyl (C=O) groups excluding carboxylic acids is 1. The third-order valence-corrected chi connectivity index (χ3v) is 6.61. The average Bonchev–Trinajstić information content (AvgIpc) is 2.78. The number of benzene rings is 3. The maximum atomic E-state index is 13.6. The molecule has 0 aliphatic heterocycles. The monoisotopic (exact) mass is 438 g/mol. The second-order valence-electron chi connectivity index (χ2n) is 7.01. The number of hydrogen-bond donors (Lipinski definition) is 0. The molecule has 0 atom stereocenters. The molecular formula is C24H26N2O4S. The molecule has 0 N–H and O–H groups in total. The molecule has 31 heavy (non-hydrogen) atoms. The normalized spacial score (nSPS) is 11.1. The van der Waals surface area contributed by atoms with Crippen LogP contribution in [0.3, 0.4) is 0 Å². The molecule has 0 radical (unpaired) electrons. The van der Waals surface area contributed by atoms with Crippen LogP contribution >= 0.6 is 0 Å². The van der Waals surface area contributed by atoms with Crippen LogP contribution in [0.25, 0.3) is 0 Å². The van der Waals surface area contributed by atoms with Crippen LogP contribution in [0.4, 0.5) is 11.4 Å². The first-order chi connectivity index (χ1) is 14.8. The predicted molar refractivity (Wildman–Crippen MR) is 123 cm³/mol. The van der Waals surface area contributed by atoms with Crippen LogP contribution in [0.5, 0.6) is 5.75 Å². The average molecular weight is 439 g/mol. The van der Waals surface area contributed by atoms with Crippen molar-refractivity contribution in [1.82, 2.24) is 0 Å². The highest BCUT2D eigenvalue weighted by molar-refractivity contribution is 7.92. The zero-order valence-electron chi connectivity index (χ0n) is 17.9. The molecule has 0 fully saturated rings. The summed E-state index contributed by atoms with van der Waals surface area (Å²) in [5.74, 6) is 0.0315. The third kappa shape index (κ3) is 5.06. The summed E-state index contributed by atoms with van der Waals surface area (Å²) in [5, 5.41) is 0. The lowest BCUT2D eigenvalue weighted by Crippen LogP contribution is -2.42. The highest BCUT2D eigenvalue weighted by Crippen LogP contribution is 2.32. The van der Waals surface area contributed by atoms with E-state index < -0.39 is 10.0 Å². The first-order valence-corrected chi connectivity index (χ1v) is 11.4. The van der Waals surface area contributed by atoms with Gasteiger partial charge in [0.05, 0.1) is 17.2 Å². The van der Waals surface area contributed by atoms with Crippen molar-refractivity contribution in [3.05, 3.63) is 84.4 Å². The van der Waals surface area contributed by atoms with E-state index in [4.69, 9.17) is 4.74 Å². The summed E-state index contributed by atoms with van der Waals surface area (Å²) >= 11 is 0. The molecule has 3 aromatic rings. The number of rotatable bonds is 8. The van der Waals surface area contributed by atoms with Crippen LogP contribution < -0.4 is 13.9 Å². The Morgan fingerprint density at radius 3 is 2.16 bits per heavy atom. The quantitative estimate of drug-likeness (QED) is 0.527. The van der Waals surface area contributed by atoms with Gasteiger partial charge in [-0.15, -0.1) is 0 Å². The molecule has 0 saturated carbocycles. The molecule has 0 aliphatic carbocycles. The van der Waals surface area contributed by atoms with E-state index in [1.807, 2.05) is 32.0 Å². The van der Waals surface area contributed by atoms with Crippen molar-refractivity contribution in [3.63, 3.8) is 0 Å². The second kappa shape index (κ2) is 9.66. The van der Waals surface area contributed by atoms with Gasteiger partial charge in [-0.2, -0.15) is 0 Å². The van der Waals surface area contributed by atoms with Gasteiger partial charge in [-0.1, -0.05) is 48.0 Å². The molecule has 3 aromatic carbocycles. The fourth-order valence-corrected chi connectivity index (χ4v) is 4.53. The SMILES string of the molecule is CCOc1ccccc1N(CC(=O)N(C)c1ccccc1)S(=O)(=O)c1ccc(C)cc1. The van der Waals surface area contributed by atoms with E-state index in [1.54, 1.807) is 67.7 Å². The summed E-state index contributed by atoms with van der Waals surface area (Å²) in [6, 6.07) is 22.5. The van der Waals surface area contributed by atoms with Crippen molar-refractivity contribution in [2.45, 2.75) is 18.7 Å². The van der Waals surface area contributed by atoms with E-state index in [-0.39, 0.29) is 17.3 Å². The molecule has 6 nitrogen and oxygen atoms in total. The van der Waals surface area contributed by atoms with E-state index in [1.165, 1.54) is 4.90 Å². The Bertz CT molecular complexity index is 1130. The molecule has 0 unspecified atom stereocenters. The molecule has 1 amide bonds. The molecular weight excluding hydrogens is 412 g/mol. The highest BCUT2D eigenvalue weighted by atomic mass is 32.2. The molecule has 0 aromatic heterocycles. The van der Waals surface area contributed by atoms with Gasteiger partial charge in [0, 0.05) is 12.7 Å². The van der Waals surface area contributed by atoms with Crippen LogP contribution in [-0.4, -0.2) is 34.5 Å². The Kier molecular flexibility index (Phi) is 6.97. The number of aryl methyl sites for hydroxylation is 1. The van der Waals surface area contributed by atoms with E-state index >= 15 is 0 Å². The number of carbonyl (C=O) groups is 1. The fraction of sp³-hybridized carbons (Fsp3) is 0.208. The second-order valence-corrected chi connectivity index (χ2v) is 8.88. The van der Waals surface area contributed by atoms with Gasteiger partial charge >= 0.3 is 0 Å². The maximum absolute atomic E-state index is 13.6. The summed E-state index contributed by atoms with van der Waals surface area (Å²) in [6.45, 7) is 3.71. The number of ether oxygens (including phenoxy) is 1. The summed E-state index contributed by atoms with van der Waals surface area (Å²) in [4.78, 5) is 14.7. The molecule has 162 valence electrons. The smallest absolute Gasteiger partial charge is 0.264 e. The minimum atomic E-state index is -4.02. The summed E-state index contributed by atoms with van der Waals surface area (Å²) in [5.41, 5.74) is 1.94. The van der Waals surface area contributed by atoms with E-state index in [0.29, 0.717) is 23.7 Å². The largest absolute Gasteiger partial charge is 0.492 e. The van der Waals surface area contributed by atoms with Gasteiger partial charge in [-0.05, 0) is 50.2 Å². The zero-order valence-corrected chi connectivity index (χ0v) is 18.7. The lowest BCUT2D eigenvalue weighted by atomic mass is 10.2. The van der Waals surface area contributed by atoms with Gasteiger partial charge in [0.15, 0.2) is 0 Å². The lowest BCUT2D eigenvalue weighted by Gasteiger charge is -2.28. The number of nitrogens with zero attached hydrogens (tertiary/aromatic N) is 2. The molecule has 0 spiro atoms. The summed E-state index contributed by atoms with van der Waals surface area (Å²) in [6.07, 6.45) is 0. The van der Waals surface area contributed by atoms with Crippen molar-refractivity contribution in [2.24, 2.45) is 0 Å². The van der Waals surface area contributed by atoms with Crippen LogP contribution in [0.2, 0.25) is 0 Å². The number of anilines is 2. The molecule has 0 bridgehead atoms. The van der Waals surface area contributed by atoms with Crippen molar-refractivity contribution in [3.8, 4) is 5.75 Å². The third-order valence-electron chi connectivity index (χ3n) is 4.84. The van der Waals surface area contributed by atoms with Crippen molar-refractivity contribution < 1.29 is 17.9 Å². The number of para-hydroxylation sites is 3. The summed E-state index contributed by atoms with van der Waals surface area (Å²) < 4.78 is 34.0. The molecule has 7 heteroatoms. The van der Waals surface area contributed by atoms with Gasteiger partial charge in [0.2, 0.25) is 5.91 Å². The Morgan fingerprint density at radius 2 is 1.52 bits per heavy atom. The number of sulfonamides is 1. The minimum absolute atomic E-state index is 0.111. The first kappa shape index (κ1) is 22.4. The van der Waals surface area contributed by atoms with E-state index in [0.717, 1.165) is 9.87 Å². The van der Waals surface area contributed by atoms with E-state index in [2.05, 4.69) is 0 Å². The lowest BCUT2D eigenvalue weighted by molar-refractivity contribution is -0.116. The number of likely N-dealkylation sites (N-methyl/N-ethyl adjacent to an activating group) is 1. The molecule has 0 aliphatic rings. The standard InChI is InChI=1S/C24H26N2O4S/c1-4-30-23-13-9-8-12-22(23)26(31(28,29)21-16-14-19(2)15-17-21)18-24(27)25(3)20-10-6-5-7-11-20/h5-17H,4,18H2,1-3H3. The first-order valence-electron chi connectivity index (χ1n) is 9.97. The Hall–Kier alpha value is -3.32. The van der Waals surface area contributed by atoms with E-state index in [9.17, 15) is 13.2 Å². The Balaban J connectivity index is 2.05. The molecule has 3 rings (SSSR count). The zero-order chi connectivity index (χ0) is 22.4. The van der Waals surface area contributed by atoms with Gasteiger partial charge in [0.1, 0.15) is 12.3 Å². The van der Waals surface area contributed by atoms with Crippen molar-refractivity contribution >= 4 is 27.3 Å². The fourth-order valence-electron chi connectivity index (χ4n) is 3.10. The van der Waals surface area contributed by atoms with Crippen molar-refractivity contribution in [2.75, 3.05) is 29.4 Å². The van der Waals surface area contributed by atoms with Crippen LogP contribution in [0.1, 0.15) is 12.5 Å². The summed E-state index contributed by atoms with van der Waals surface area (Å²) in [7, 11) is -2.39. The van der Waals surface area contributed by atoms with Crippen LogP contribution in [-0.2, 0) is 14.8 Å². The Morgan fingerprint density at radius 1 is 0.903 bits per heavy atom. The Labute approximate surface area is 183 Å². The van der Waals surface area contributed by atoms with Gasteiger partial charge < -0.3 is 9.64 Å². The minimum Gasteiger partial charge on any atom is -0.492 e. The molecule has 0 heterocycles. The highest BCUT2D eigenvalue weighted by Gasteiger charge is 2.30. The van der Waals surface area contributed by atoms with Gasteiger partial charge in [-0.25, -0.2) is 8.42 Å². The number of hydrogen-bond acceptors (Lipinski definition) is 4. The van der Waals surface area contributed by atoms with Crippen LogP contribution in [0.15, 0.2) is 83.8 Å². The van der Waals surface area contributed by atoms with Crippen molar-refractivity contribution in [1.29, 1.82) is 0 Å². The predicted octanol–water partition coefficient (Wildman–Crippen LogP) is 4.25. The van der Waals surface area contributed by atoms with Gasteiger partial charge in [-0.3, -0.25) is 9.10 Å². The topological polar surface area (TPSA) is 66.9 Å². The maximum Gasteiger partial charge on any atom is 0.264 e. The van der Waals surface area contributed by atoms with Crippen LogP contribution in [0, 0.1) is 6.92 Å².